The van der Waals surface area contributed by atoms with Crippen LogP contribution in [0.4, 0.5) is 0 Å². The van der Waals surface area contributed by atoms with E-state index in [-0.39, 0.29) is 0 Å². The zero-order valence-electron chi connectivity index (χ0n) is 11.9. The monoisotopic (exact) mass is 255 g/mol. The summed E-state index contributed by atoms with van der Waals surface area (Å²) >= 11 is 0. The van der Waals surface area contributed by atoms with Gasteiger partial charge in [0.1, 0.15) is 0 Å². The molecule has 0 aliphatic heterocycles. The fourth-order valence-electron chi connectivity index (χ4n) is 5.57. The summed E-state index contributed by atoms with van der Waals surface area (Å²) in [4.78, 5) is 0. The molecule has 5 rings (SSSR count). The van der Waals surface area contributed by atoms with Crippen molar-refractivity contribution in [3.8, 4) is 0 Å². The van der Waals surface area contributed by atoms with E-state index in [0.29, 0.717) is 11.6 Å². The molecular weight excluding hydrogens is 230 g/mol. The van der Waals surface area contributed by atoms with Gasteiger partial charge in [0.15, 0.2) is 0 Å². The van der Waals surface area contributed by atoms with Crippen molar-refractivity contribution >= 4 is 0 Å². The molecule has 1 unspecified atom stereocenters. The van der Waals surface area contributed by atoms with Gasteiger partial charge in [-0.3, -0.25) is 0 Å². The molecule has 0 aromatic heterocycles. The van der Waals surface area contributed by atoms with E-state index in [1.807, 2.05) is 0 Å². The Morgan fingerprint density at radius 2 is 1.47 bits per heavy atom. The summed E-state index contributed by atoms with van der Waals surface area (Å²) in [6.07, 6.45) is 8.91. The van der Waals surface area contributed by atoms with E-state index in [0.717, 1.165) is 17.8 Å². The maximum absolute atomic E-state index is 4.04. The van der Waals surface area contributed by atoms with Gasteiger partial charge in [0.05, 0.1) is 0 Å². The van der Waals surface area contributed by atoms with Crippen LogP contribution >= 0.6 is 0 Å². The van der Waals surface area contributed by atoms with Crippen LogP contribution in [-0.2, 0) is 0 Å². The molecule has 0 radical (unpaired) electrons. The van der Waals surface area contributed by atoms with Gasteiger partial charge in [0.25, 0.3) is 0 Å². The Balaban J connectivity index is 1.53. The van der Waals surface area contributed by atoms with Gasteiger partial charge in [-0.15, -0.1) is 0 Å². The van der Waals surface area contributed by atoms with Crippen LogP contribution < -0.4 is 5.32 Å². The maximum Gasteiger partial charge on any atom is 0.0296 e. The number of rotatable bonds is 3. The van der Waals surface area contributed by atoms with Gasteiger partial charge in [-0.1, -0.05) is 30.3 Å². The van der Waals surface area contributed by atoms with E-state index in [4.69, 9.17) is 0 Å². The minimum Gasteiger partial charge on any atom is -0.305 e. The summed E-state index contributed by atoms with van der Waals surface area (Å²) in [5, 5.41) is 4.04. The van der Waals surface area contributed by atoms with Crippen LogP contribution in [0.3, 0.4) is 0 Å². The van der Waals surface area contributed by atoms with Gasteiger partial charge >= 0.3 is 0 Å². The fraction of sp³-hybridized carbons (Fsp3) is 0.667. The van der Waals surface area contributed by atoms with Crippen LogP contribution in [0.15, 0.2) is 30.3 Å². The molecule has 0 saturated heterocycles. The molecule has 4 aliphatic carbocycles. The van der Waals surface area contributed by atoms with E-state index in [1.54, 1.807) is 0 Å². The average molecular weight is 255 g/mol. The van der Waals surface area contributed by atoms with Crippen molar-refractivity contribution in [2.75, 3.05) is 0 Å². The Labute approximate surface area is 116 Å². The van der Waals surface area contributed by atoms with Crippen molar-refractivity contribution in [1.29, 1.82) is 0 Å². The molecule has 0 amide bonds. The van der Waals surface area contributed by atoms with E-state index < -0.39 is 0 Å². The summed E-state index contributed by atoms with van der Waals surface area (Å²) in [5.74, 6) is 3.09. The van der Waals surface area contributed by atoms with E-state index in [2.05, 4.69) is 42.6 Å². The van der Waals surface area contributed by atoms with E-state index in [1.165, 1.54) is 44.1 Å². The second kappa shape index (κ2) is 4.34. The fourth-order valence-corrected chi connectivity index (χ4v) is 5.57. The molecule has 0 spiro atoms. The second-order valence-electron chi connectivity index (χ2n) is 7.47. The minimum absolute atomic E-state index is 0.476. The van der Waals surface area contributed by atoms with Crippen LogP contribution in [0, 0.1) is 17.8 Å². The molecule has 4 aliphatic rings. The third kappa shape index (κ3) is 2.12. The maximum atomic E-state index is 4.04. The first-order chi connectivity index (χ1) is 9.22. The Bertz CT molecular complexity index is 415. The number of hydrogen-bond acceptors (Lipinski definition) is 1. The third-order valence-corrected chi connectivity index (χ3v) is 5.86. The van der Waals surface area contributed by atoms with Gasteiger partial charge in [0, 0.05) is 11.6 Å². The molecule has 1 nitrogen and oxygen atoms in total. The van der Waals surface area contributed by atoms with Crippen LogP contribution in [0.1, 0.15) is 57.1 Å². The van der Waals surface area contributed by atoms with Crippen LogP contribution in [-0.4, -0.2) is 5.54 Å². The molecule has 102 valence electrons. The minimum atomic E-state index is 0.476. The van der Waals surface area contributed by atoms with Gasteiger partial charge in [-0.25, -0.2) is 0 Å². The highest BCUT2D eigenvalue weighted by molar-refractivity contribution is 5.19. The number of benzene rings is 1. The van der Waals surface area contributed by atoms with Crippen molar-refractivity contribution in [3.63, 3.8) is 0 Å². The van der Waals surface area contributed by atoms with Crippen molar-refractivity contribution < 1.29 is 0 Å². The first-order valence-corrected chi connectivity index (χ1v) is 8.05. The topological polar surface area (TPSA) is 12.0 Å². The Morgan fingerprint density at radius 3 is 2.00 bits per heavy atom. The van der Waals surface area contributed by atoms with Crippen molar-refractivity contribution in [3.05, 3.63) is 35.9 Å². The summed E-state index contributed by atoms with van der Waals surface area (Å²) in [5.41, 5.74) is 1.92. The molecule has 1 N–H and O–H groups in total. The Morgan fingerprint density at radius 1 is 0.947 bits per heavy atom. The lowest BCUT2D eigenvalue weighted by Gasteiger charge is -2.57. The summed E-state index contributed by atoms with van der Waals surface area (Å²) in [6.45, 7) is 2.34. The molecule has 1 aromatic carbocycles. The van der Waals surface area contributed by atoms with Gasteiger partial charge in [0.2, 0.25) is 0 Å². The first-order valence-electron chi connectivity index (χ1n) is 8.05. The predicted molar refractivity (Wildman–Crippen MR) is 78.9 cm³/mol. The zero-order valence-corrected chi connectivity index (χ0v) is 11.9. The molecule has 19 heavy (non-hydrogen) atoms. The predicted octanol–water partition coefficient (Wildman–Crippen LogP) is 4.31. The standard InChI is InChI=1S/C18H25N/c1-13(17-5-3-2-4-6-17)19-18-10-14-7-15(11-18)9-16(8-14)12-18/h2-6,13-16,19H,7-12H2,1H3. The summed E-state index contributed by atoms with van der Waals surface area (Å²) < 4.78 is 0. The van der Waals surface area contributed by atoms with Crippen LogP contribution in [0.25, 0.3) is 0 Å². The molecule has 4 bridgehead atoms. The second-order valence-corrected chi connectivity index (χ2v) is 7.47. The van der Waals surface area contributed by atoms with Gasteiger partial charge in [-0.2, -0.15) is 0 Å². The molecule has 4 fully saturated rings. The highest BCUT2D eigenvalue weighted by atomic mass is 15.0. The first kappa shape index (κ1) is 12.0. The smallest absolute Gasteiger partial charge is 0.0296 e. The molecule has 1 atom stereocenters. The normalized spacial score (nSPS) is 41.4. The number of hydrogen-bond donors (Lipinski definition) is 1. The van der Waals surface area contributed by atoms with Gasteiger partial charge < -0.3 is 5.32 Å². The SMILES string of the molecule is CC(NC12CC3CC(CC(C3)C1)C2)c1ccccc1. The Kier molecular flexibility index (Phi) is 2.73. The van der Waals surface area contributed by atoms with Crippen molar-refractivity contribution in [1.82, 2.24) is 5.32 Å². The Hall–Kier alpha value is -0.820. The van der Waals surface area contributed by atoms with E-state index in [9.17, 15) is 0 Å². The lowest BCUT2D eigenvalue weighted by molar-refractivity contribution is -0.0245. The average Bonchev–Trinajstić information content (AvgIpc) is 2.37. The molecular formula is C18H25N. The van der Waals surface area contributed by atoms with Crippen molar-refractivity contribution in [2.24, 2.45) is 17.8 Å². The molecule has 4 saturated carbocycles. The lowest BCUT2D eigenvalue weighted by atomic mass is 9.53. The summed E-state index contributed by atoms with van der Waals surface area (Å²) in [7, 11) is 0. The van der Waals surface area contributed by atoms with E-state index >= 15 is 0 Å². The summed E-state index contributed by atoms with van der Waals surface area (Å²) in [6, 6.07) is 11.5. The largest absolute Gasteiger partial charge is 0.305 e. The third-order valence-electron chi connectivity index (χ3n) is 5.86. The molecule has 1 aromatic rings. The molecule has 1 heteroatoms. The quantitative estimate of drug-likeness (QED) is 0.849. The van der Waals surface area contributed by atoms with Crippen LogP contribution in [0.5, 0.6) is 0 Å². The zero-order chi connectivity index (χ0) is 12.9. The molecule has 0 heterocycles. The highest BCUT2D eigenvalue weighted by Crippen LogP contribution is 2.56. The van der Waals surface area contributed by atoms with Gasteiger partial charge in [-0.05, 0) is 68.8 Å². The highest BCUT2D eigenvalue weighted by Gasteiger charge is 2.51. The lowest BCUT2D eigenvalue weighted by Crippen LogP contribution is -2.58. The van der Waals surface area contributed by atoms with Crippen molar-refractivity contribution in [2.45, 2.75) is 57.0 Å². The number of nitrogens with one attached hydrogen (secondary N) is 1. The van der Waals surface area contributed by atoms with Crippen LogP contribution in [0.2, 0.25) is 0 Å².